The van der Waals surface area contributed by atoms with E-state index in [4.69, 9.17) is 0 Å². The molecule has 0 saturated heterocycles. The maximum atomic E-state index is 4.58. The van der Waals surface area contributed by atoms with Gasteiger partial charge in [-0.25, -0.2) is 0 Å². The smallest absolute Gasteiger partial charge is 0.131 e. The molecular formula is C15H31N5. The number of hydrogen-bond donors (Lipinski definition) is 1. The van der Waals surface area contributed by atoms with Crippen molar-refractivity contribution in [3.8, 4) is 0 Å². The van der Waals surface area contributed by atoms with Crippen molar-refractivity contribution in [2.75, 3.05) is 39.1 Å². The van der Waals surface area contributed by atoms with Gasteiger partial charge in [-0.2, -0.15) is 5.10 Å². The van der Waals surface area contributed by atoms with Gasteiger partial charge in [-0.1, -0.05) is 13.8 Å². The minimum atomic E-state index is 0.488. The molecule has 0 spiro atoms. The van der Waals surface area contributed by atoms with Crippen molar-refractivity contribution in [3.05, 3.63) is 11.3 Å². The lowest BCUT2D eigenvalue weighted by Gasteiger charge is -2.22. The molecule has 0 bridgehead atoms. The monoisotopic (exact) mass is 281 g/mol. The van der Waals surface area contributed by atoms with Gasteiger partial charge in [0.2, 0.25) is 0 Å². The average Bonchev–Trinajstić information content (AvgIpc) is 2.60. The lowest BCUT2D eigenvalue weighted by Crippen LogP contribution is -2.27. The van der Waals surface area contributed by atoms with E-state index in [9.17, 15) is 0 Å². The molecule has 0 aliphatic heterocycles. The summed E-state index contributed by atoms with van der Waals surface area (Å²) >= 11 is 0. The van der Waals surface area contributed by atoms with Crippen molar-refractivity contribution in [3.63, 3.8) is 0 Å². The lowest BCUT2D eigenvalue weighted by molar-refractivity contribution is 0.401. The molecule has 0 saturated carbocycles. The van der Waals surface area contributed by atoms with Crippen molar-refractivity contribution < 1.29 is 0 Å². The van der Waals surface area contributed by atoms with Crippen LogP contribution in [-0.4, -0.2) is 55.0 Å². The van der Waals surface area contributed by atoms with Crippen LogP contribution in [0, 0.1) is 6.92 Å². The van der Waals surface area contributed by atoms with E-state index >= 15 is 0 Å². The molecule has 5 heteroatoms. The van der Waals surface area contributed by atoms with E-state index in [1.54, 1.807) is 0 Å². The Bertz CT molecular complexity index is 409. The van der Waals surface area contributed by atoms with Gasteiger partial charge < -0.3 is 15.1 Å². The second-order valence-electron chi connectivity index (χ2n) is 6.13. The number of anilines is 1. The molecular weight excluding hydrogens is 250 g/mol. The molecule has 0 unspecified atom stereocenters. The molecule has 0 aliphatic carbocycles. The number of nitrogens with one attached hydrogen (secondary N) is 1. The highest BCUT2D eigenvalue weighted by molar-refractivity contribution is 5.49. The minimum Gasteiger partial charge on any atom is -0.360 e. The summed E-state index contributed by atoms with van der Waals surface area (Å²) in [5, 5.41) is 8.08. The van der Waals surface area contributed by atoms with Gasteiger partial charge in [0.1, 0.15) is 5.82 Å². The fourth-order valence-corrected chi connectivity index (χ4v) is 2.41. The third kappa shape index (κ3) is 4.80. The maximum Gasteiger partial charge on any atom is 0.131 e. The molecule has 116 valence electrons. The molecule has 5 nitrogen and oxygen atoms in total. The van der Waals surface area contributed by atoms with Crippen molar-refractivity contribution in [1.29, 1.82) is 0 Å². The summed E-state index contributed by atoms with van der Waals surface area (Å²) in [4.78, 5) is 4.55. The molecule has 0 radical (unpaired) electrons. The van der Waals surface area contributed by atoms with Gasteiger partial charge in [-0.15, -0.1) is 0 Å². The quantitative estimate of drug-likeness (QED) is 0.785. The Kier molecular flexibility index (Phi) is 6.49. The van der Waals surface area contributed by atoms with Gasteiger partial charge in [0.25, 0.3) is 0 Å². The number of aromatic nitrogens is 2. The first kappa shape index (κ1) is 17.0. The van der Waals surface area contributed by atoms with Gasteiger partial charge in [0.05, 0.1) is 5.69 Å². The van der Waals surface area contributed by atoms with Crippen LogP contribution in [0.25, 0.3) is 0 Å². The molecule has 1 rings (SSSR count). The van der Waals surface area contributed by atoms with E-state index in [1.165, 1.54) is 11.4 Å². The Labute approximate surface area is 123 Å². The summed E-state index contributed by atoms with van der Waals surface area (Å²) in [5.74, 6) is 1.23. The maximum absolute atomic E-state index is 4.58. The normalized spacial score (nSPS) is 11.7. The van der Waals surface area contributed by atoms with E-state index in [2.05, 4.69) is 62.1 Å². The van der Waals surface area contributed by atoms with Crippen LogP contribution >= 0.6 is 0 Å². The number of nitrogens with zero attached hydrogens (tertiary/aromatic N) is 4. The highest BCUT2D eigenvalue weighted by atomic mass is 15.4. The molecule has 1 aromatic heterocycles. The molecule has 0 atom stereocenters. The van der Waals surface area contributed by atoms with Crippen LogP contribution in [-0.2, 0) is 13.6 Å². The van der Waals surface area contributed by atoms with Crippen molar-refractivity contribution in [1.82, 2.24) is 20.0 Å². The second-order valence-corrected chi connectivity index (χ2v) is 6.13. The van der Waals surface area contributed by atoms with Crippen molar-refractivity contribution in [2.45, 2.75) is 39.8 Å². The topological polar surface area (TPSA) is 36.3 Å². The predicted octanol–water partition coefficient (Wildman–Crippen LogP) is 1.61. The van der Waals surface area contributed by atoms with Crippen LogP contribution in [0.15, 0.2) is 0 Å². The van der Waals surface area contributed by atoms with E-state index in [-0.39, 0.29) is 0 Å². The predicted molar refractivity (Wildman–Crippen MR) is 86.4 cm³/mol. The fourth-order valence-electron chi connectivity index (χ4n) is 2.41. The summed E-state index contributed by atoms with van der Waals surface area (Å²) < 4.78 is 2.00. The largest absolute Gasteiger partial charge is 0.360 e. The summed E-state index contributed by atoms with van der Waals surface area (Å²) in [6.07, 6.45) is 1.16. The summed E-state index contributed by atoms with van der Waals surface area (Å²) in [6.45, 7) is 9.48. The number of hydrogen-bond acceptors (Lipinski definition) is 4. The Morgan fingerprint density at radius 3 is 2.40 bits per heavy atom. The van der Waals surface area contributed by atoms with Crippen LogP contribution in [0.5, 0.6) is 0 Å². The molecule has 0 aliphatic rings. The first-order valence-electron chi connectivity index (χ1n) is 7.44. The fraction of sp³-hybridized carbons (Fsp3) is 0.800. The van der Waals surface area contributed by atoms with E-state index in [0.29, 0.717) is 6.04 Å². The second kappa shape index (κ2) is 7.64. The minimum absolute atomic E-state index is 0.488. The Balaban J connectivity index is 2.76. The van der Waals surface area contributed by atoms with Crippen LogP contribution in [0.3, 0.4) is 0 Å². The van der Waals surface area contributed by atoms with Gasteiger partial charge in [-0.05, 0) is 34.0 Å². The lowest BCUT2D eigenvalue weighted by atomic mass is 10.2. The van der Waals surface area contributed by atoms with Crippen LogP contribution in [0.4, 0.5) is 5.82 Å². The van der Waals surface area contributed by atoms with Crippen LogP contribution in [0.1, 0.15) is 31.5 Å². The molecule has 20 heavy (non-hydrogen) atoms. The molecule has 1 heterocycles. The molecule has 0 aromatic carbocycles. The Morgan fingerprint density at radius 2 is 1.85 bits per heavy atom. The third-order valence-electron chi connectivity index (χ3n) is 3.46. The molecule has 1 aromatic rings. The van der Waals surface area contributed by atoms with E-state index in [0.717, 1.165) is 31.7 Å². The zero-order valence-corrected chi connectivity index (χ0v) is 14.2. The van der Waals surface area contributed by atoms with Gasteiger partial charge in [0.15, 0.2) is 0 Å². The van der Waals surface area contributed by atoms with Crippen LogP contribution in [0.2, 0.25) is 0 Å². The van der Waals surface area contributed by atoms with Gasteiger partial charge in [0, 0.05) is 38.8 Å². The van der Waals surface area contributed by atoms with Crippen molar-refractivity contribution >= 4 is 5.82 Å². The zero-order valence-electron chi connectivity index (χ0n) is 14.2. The first-order valence-corrected chi connectivity index (χ1v) is 7.44. The number of aryl methyl sites for hydroxylation is 2. The SMILES string of the molecule is Cc1nn(C)c(N(C)CCCN(C)C)c1CNC(C)C. The molecule has 0 amide bonds. The Morgan fingerprint density at radius 1 is 1.20 bits per heavy atom. The summed E-state index contributed by atoms with van der Waals surface area (Å²) in [6, 6.07) is 0.488. The summed E-state index contributed by atoms with van der Waals surface area (Å²) in [5.41, 5.74) is 2.43. The standard InChI is InChI=1S/C15H31N5/c1-12(2)16-11-14-13(3)17-20(7)15(14)19(6)10-8-9-18(4)5/h12,16H,8-11H2,1-7H3. The Hall–Kier alpha value is -1.07. The van der Waals surface area contributed by atoms with Gasteiger partial charge in [-0.3, -0.25) is 4.68 Å². The summed E-state index contributed by atoms with van der Waals surface area (Å²) in [7, 11) is 8.42. The number of rotatable bonds is 8. The van der Waals surface area contributed by atoms with Crippen LogP contribution < -0.4 is 10.2 Å². The van der Waals surface area contributed by atoms with E-state index in [1.807, 2.05) is 11.7 Å². The highest BCUT2D eigenvalue weighted by Gasteiger charge is 2.16. The van der Waals surface area contributed by atoms with Gasteiger partial charge >= 0.3 is 0 Å². The van der Waals surface area contributed by atoms with Crippen molar-refractivity contribution in [2.24, 2.45) is 7.05 Å². The third-order valence-corrected chi connectivity index (χ3v) is 3.46. The van der Waals surface area contributed by atoms with E-state index < -0.39 is 0 Å². The zero-order chi connectivity index (χ0) is 15.3. The molecule has 0 fully saturated rings. The highest BCUT2D eigenvalue weighted by Crippen LogP contribution is 2.22. The average molecular weight is 281 g/mol. The first-order chi connectivity index (χ1) is 9.32. The molecule has 1 N–H and O–H groups in total.